The largest absolute Gasteiger partial charge is 0.501 e. The first-order chi connectivity index (χ1) is 5.10. The fourth-order valence-corrected chi connectivity index (χ4v) is 3.17. The van der Waals surface area contributed by atoms with Gasteiger partial charge < -0.3 is 13.3 Å². The molecule has 0 aliphatic heterocycles. The van der Waals surface area contributed by atoms with Gasteiger partial charge in [-0.1, -0.05) is 19.6 Å². The quantitative estimate of drug-likeness (QED) is 0.621. The van der Waals surface area contributed by atoms with Gasteiger partial charge in [0.15, 0.2) is 0 Å². The highest BCUT2D eigenvalue weighted by Gasteiger charge is 2.38. The van der Waals surface area contributed by atoms with Gasteiger partial charge in [0.25, 0.3) is 0 Å². The molecule has 0 heterocycles. The zero-order valence-electron chi connectivity index (χ0n) is 7.42. The summed E-state index contributed by atoms with van der Waals surface area (Å²) in [6.07, 6.45) is 0. The molecule has 0 saturated carbocycles. The molecule has 0 rings (SSSR count). The average molecular weight is 195 g/mol. The van der Waals surface area contributed by atoms with Crippen molar-refractivity contribution in [3.63, 3.8) is 0 Å². The molecule has 1 radical (unpaired) electrons. The lowest BCUT2D eigenvalue weighted by atomic mass is 10.6. The van der Waals surface area contributed by atoms with E-state index in [0.717, 1.165) is 0 Å². The molecule has 0 bridgehead atoms. The Hall–Kier alpha value is 0.447. The third kappa shape index (κ3) is 3.57. The van der Waals surface area contributed by atoms with Crippen molar-refractivity contribution in [3.05, 3.63) is 0 Å². The molecule has 67 valence electrons. The van der Waals surface area contributed by atoms with Crippen LogP contribution in [0.1, 0.15) is 6.92 Å². The van der Waals surface area contributed by atoms with Gasteiger partial charge in [-0.3, -0.25) is 0 Å². The molecule has 5 heteroatoms. The first-order valence-corrected chi connectivity index (χ1v) is 5.82. The number of hydrogen-bond donors (Lipinski definition) is 0. The van der Waals surface area contributed by atoms with E-state index in [4.69, 9.17) is 25.9 Å². The Morgan fingerprint density at radius 1 is 1.18 bits per heavy atom. The normalized spacial score (nSPS) is 15.0. The first-order valence-electron chi connectivity index (χ1n) is 3.41. The standard InChI is InChI=1S/C6H15O3SSi/c1-6(10)5-11(7-2,8-3)9-4/h6H,5H2,1-4H3. The minimum atomic E-state index is -2.38. The van der Waals surface area contributed by atoms with E-state index in [9.17, 15) is 0 Å². The van der Waals surface area contributed by atoms with Gasteiger partial charge in [-0.15, -0.1) is 0 Å². The number of hydrogen-bond acceptors (Lipinski definition) is 3. The summed E-state index contributed by atoms with van der Waals surface area (Å²) >= 11 is 5.02. The summed E-state index contributed by atoms with van der Waals surface area (Å²) in [4.78, 5) is 0. The highest BCUT2D eigenvalue weighted by atomic mass is 32.1. The summed E-state index contributed by atoms with van der Waals surface area (Å²) in [5.41, 5.74) is 0. The van der Waals surface area contributed by atoms with Gasteiger partial charge in [-0.25, -0.2) is 0 Å². The van der Waals surface area contributed by atoms with Crippen LogP contribution >= 0.6 is 12.6 Å². The van der Waals surface area contributed by atoms with Crippen LogP contribution in [0, 0.1) is 0 Å². The van der Waals surface area contributed by atoms with Crippen molar-refractivity contribution < 1.29 is 13.3 Å². The molecule has 0 amide bonds. The Balaban J connectivity index is 4.05. The van der Waals surface area contributed by atoms with Crippen LogP contribution in [0.5, 0.6) is 0 Å². The van der Waals surface area contributed by atoms with Gasteiger partial charge in [-0.05, 0) is 0 Å². The topological polar surface area (TPSA) is 27.7 Å². The van der Waals surface area contributed by atoms with Gasteiger partial charge in [0.1, 0.15) is 0 Å². The SMILES string of the molecule is CO[Si](CC(C)[S])(OC)OC. The van der Waals surface area contributed by atoms with E-state index >= 15 is 0 Å². The molecule has 11 heavy (non-hydrogen) atoms. The first kappa shape index (κ1) is 11.4. The average Bonchev–Trinajstić information content (AvgIpc) is 2.00. The Morgan fingerprint density at radius 2 is 1.55 bits per heavy atom. The third-order valence-corrected chi connectivity index (χ3v) is 4.91. The fraction of sp³-hybridized carbons (Fsp3) is 1.00. The maximum atomic E-state index is 5.17. The molecule has 0 aromatic rings. The fourth-order valence-electron chi connectivity index (χ4n) is 0.852. The van der Waals surface area contributed by atoms with E-state index in [1.807, 2.05) is 6.92 Å². The summed E-state index contributed by atoms with van der Waals surface area (Å²) < 4.78 is 15.5. The van der Waals surface area contributed by atoms with Crippen LogP contribution < -0.4 is 0 Å². The van der Waals surface area contributed by atoms with E-state index in [2.05, 4.69) is 0 Å². The van der Waals surface area contributed by atoms with Crippen LogP contribution in [0.15, 0.2) is 0 Å². The molecule has 0 aromatic heterocycles. The maximum absolute atomic E-state index is 5.17. The molecule has 1 unspecified atom stereocenters. The van der Waals surface area contributed by atoms with Crippen LogP contribution in [0.2, 0.25) is 6.04 Å². The van der Waals surface area contributed by atoms with E-state index in [1.165, 1.54) is 0 Å². The van der Waals surface area contributed by atoms with Crippen molar-refractivity contribution in [2.75, 3.05) is 21.3 Å². The molecule has 1 atom stereocenters. The van der Waals surface area contributed by atoms with Crippen molar-refractivity contribution >= 4 is 21.4 Å². The molecule has 0 aliphatic carbocycles. The zero-order chi connectivity index (χ0) is 8.91. The van der Waals surface area contributed by atoms with Crippen LogP contribution in [0.3, 0.4) is 0 Å². The zero-order valence-corrected chi connectivity index (χ0v) is 9.23. The van der Waals surface area contributed by atoms with Crippen molar-refractivity contribution in [1.82, 2.24) is 0 Å². The number of rotatable bonds is 5. The van der Waals surface area contributed by atoms with Crippen LogP contribution in [-0.4, -0.2) is 35.4 Å². The van der Waals surface area contributed by atoms with Gasteiger partial charge in [0.05, 0.1) is 0 Å². The maximum Gasteiger partial charge on any atom is 0.501 e. The van der Waals surface area contributed by atoms with Crippen molar-refractivity contribution in [2.45, 2.75) is 18.2 Å². The highest BCUT2D eigenvalue weighted by molar-refractivity contribution is 7.81. The Kier molecular flexibility index (Phi) is 5.37. The summed E-state index contributed by atoms with van der Waals surface area (Å²) in [5.74, 6) is 0. The molecule has 0 fully saturated rings. The highest BCUT2D eigenvalue weighted by Crippen LogP contribution is 2.17. The summed E-state index contributed by atoms with van der Waals surface area (Å²) in [5, 5.41) is 0.126. The minimum Gasteiger partial charge on any atom is -0.377 e. The van der Waals surface area contributed by atoms with Crippen LogP contribution in [-0.2, 0) is 13.3 Å². The van der Waals surface area contributed by atoms with Gasteiger partial charge in [-0.2, -0.15) is 0 Å². The molecule has 0 spiro atoms. The molecule has 0 aliphatic rings. The molecular weight excluding hydrogens is 180 g/mol. The monoisotopic (exact) mass is 195 g/mol. The molecule has 0 saturated heterocycles. The second-order valence-corrected chi connectivity index (χ2v) is 6.11. The predicted molar refractivity (Wildman–Crippen MR) is 48.6 cm³/mol. The van der Waals surface area contributed by atoms with E-state index in [0.29, 0.717) is 6.04 Å². The Morgan fingerprint density at radius 3 is 1.64 bits per heavy atom. The van der Waals surface area contributed by atoms with E-state index in [-0.39, 0.29) is 5.25 Å². The Labute approximate surface area is 74.8 Å². The lowest BCUT2D eigenvalue weighted by molar-refractivity contribution is 0.124. The second kappa shape index (κ2) is 5.16. The van der Waals surface area contributed by atoms with Gasteiger partial charge in [0, 0.05) is 32.6 Å². The van der Waals surface area contributed by atoms with E-state index < -0.39 is 8.80 Å². The second-order valence-electron chi connectivity index (χ2n) is 2.31. The van der Waals surface area contributed by atoms with Crippen molar-refractivity contribution in [3.8, 4) is 0 Å². The van der Waals surface area contributed by atoms with E-state index in [1.54, 1.807) is 21.3 Å². The lowest BCUT2D eigenvalue weighted by Crippen LogP contribution is -2.44. The minimum absolute atomic E-state index is 0.126. The van der Waals surface area contributed by atoms with Crippen LogP contribution in [0.4, 0.5) is 0 Å². The van der Waals surface area contributed by atoms with Crippen molar-refractivity contribution in [2.24, 2.45) is 0 Å². The van der Waals surface area contributed by atoms with Crippen LogP contribution in [0.25, 0.3) is 0 Å². The molecule has 0 aromatic carbocycles. The molecule has 0 N–H and O–H groups in total. The predicted octanol–water partition coefficient (Wildman–Crippen LogP) is 1.45. The molecule has 3 nitrogen and oxygen atoms in total. The summed E-state index contributed by atoms with van der Waals surface area (Å²) in [7, 11) is 2.40. The smallest absolute Gasteiger partial charge is 0.377 e. The molecular formula is C6H15O3SSi. The summed E-state index contributed by atoms with van der Waals surface area (Å²) in [6.45, 7) is 1.94. The summed E-state index contributed by atoms with van der Waals surface area (Å²) in [6, 6.07) is 0.686. The van der Waals surface area contributed by atoms with Gasteiger partial charge >= 0.3 is 8.80 Å². The third-order valence-electron chi connectivity index (χ3n) is 1.47. The van der Waals surface area contributed by atoms with Gasteiger partial charge in [0.2, 0.25) is 0 Å². The Bertz CT molecular complexity index is 97.7. The van der Waals surface area contributed by atoms with Crippen molar-refractivity contribution in [1.29, 1.82) is 0 Å². The lowest BCUT2D eigenvalue weighted by Gasteiger charge is -2.25.